The lowest BCUT2D eigenvalue weighted by atomic mass is 9.94. The fourth-order valence-electron chi connectivity index (χ4n) is 3.84. The maximum absolute atomic E-state index is 12.4. The zero-order valence-corrected chi connectivity index (χ0v) is 15.2. The molecule has 2 bridgehead atoms. The number of nitrogens with zero attached hydrogens (tertiary/aromatic N) is 1. The summed E-state index contributed by atoms with van der Waals surface area (Å²) in [6.07, 6.45) is -1.65. The van der Waals surface area contributed by atoms with E-state index < -0.39 is 24.5 Å². The van der Waals surface area contributed by atoms with Gasteiger partial charge in [-0.05, 0) is 24.3 Å². The van der Waals surface area contributed by atoms with Crippen molar-refractivity contribution in [3.8, 4) is 5.75 Å². The van der Waals surface area contributed by atoms with Gasteiger partial charge in [-0.2, -0.15) is 0 Å². The largest absolute Gasteiger partial charge is 0.497 e. The normalized spacial score (nSPS) is 33.5. The summed E-state index contributed by atoms with van der Waals surface area (Å²) in [7, 11) is 1.58. The van der Waals surface area contributed by atoms with Gasteiger partial charge in [-0.1, -0.05) is 0 Å². The molecule has 27 heavy (non-hydrogen) atoms. The van der Waals surface area contributed by atoms with Crippen LogP contribution >= 0.6 is 0 Å². The summed E-state index contributed by atoms with van der Waals surface area (Å²) in [5.74, 6) is 0.708. The van der Waals surface area contributed by atoms with E-state index in [9.17, 15) is 9.90 Å². The van der Waals surface area contributed by atoms with E-state index in [0.717, 1.165) is 0 Å². The van der Waals surface area contributed by atoms with Crippen LogP contribution in [-0.4, -0.2) is 86.6 Å². The number of fused-ring (bicyclic) bond motifs is 2. The van der Waals surface area contributed by atoms with Gasteiger partial charge in [0.05, 0.1) is 45.1 Å². The number of ether oxygens (including phenoxy) is 4. The highest BCUT2D eigenvalue weighted by Gasteiger charge is 2.52. The Morgan fingerprint density at radius 1 is 1.26 bits per heavy atom. The Bertz CT molecular complexity index is 651. The van der Waals surface area contributed by atoms with Gasteiger partial charge in [-0.15, -0.1) is 0 Å². The molecule has 3 heterocycles. The van der Waals surface area contributed by atoms with E-state index in [1.165, 1.54) is 0 Å². The number of urea groups is 1. The van der Waals surface area contributed by atoms with Crippen molar-refractivity contribution in [3.63, 3.8) is 0 Å². The third-order valence-corrected chi connectivity index (χ3v) is 5.24. The molecule has 3 aliphatic heterocycles. The van der Waals surface area contributed by atoms with Crippen molar-refractivity contribution >= 4 is 11.7 Å². The van der Waals surface area contributed by atoms with Crippen molar-refractivity contribution in [3.05, 3.63) is 24.3 Å². The van der Waals surface area contributed by atoms with E-state index in [4.69, 9.17) is 18.9 Å². The molecule has 0 spiro atoms. The van der Waals surface area contributed by atoms with Crippen LogP contribution in [0.15, 0.2) is 24.3 Å². The minimum absolute atomic E-state index is 0.334. The molecule has 3 N–H and O–H groups in total. The molecule has 1 aromatic carbocycles. The third-order valence-electron chi connectivity index (χ3n) is 5.24. The number of hydrogen-bond acceptors (Lipinski definition) is 7. The minimum atomic E-state index is -0.795. The van der Waals surface area contributed by atoms with Crippen LogP contribution in [0.1, 0.15) is 0 Å². The second-order valence-corrected chi connectivity index (χ2v) is 6.86. The zero-order chi connectivity index (χ0) is 18.8. The number of carbonyl (C=O) groups excluding carboxylic acids is 1. The Balaban J connectivity index is 1.41. The highest BCUT2D eigenvalue weighted by atomic mass is 16.7. The average Bonchev–Trinajstić information content (AvgIpc) is 3.12. The van der Waals surface area contributed by atoms with Crippen LogP contribution in [0.5, 0.6) is 5.75 Å². The highest BCUT2D eigenvalue weighted by Crippen LogP contribution is 2.31. The molecule has 3 saturated heterocycles. The molecule has 0 saturated carbocycles. The van der Waals surface area contributed by atoms with Gasteiger partial charge in [0.25, 0.3) is 0 Å². The number of aliphatic hydroxyl groups is 1. The smallest absolute Gasteiger partial charge is 0.319 e. The molecule has 148 valence electrons. The number of anilines is 1. The van der Waals surface area contributed by atoms with Crippen molar-refractivity contribution in [2.75, 3.05) is 45.3 Å². The summed E-state index contributed by atoms with van der Waals surface area (Å²) in [5.41, 5.74) is 0.629. The molecule has 3 aliphatic rings. The van der Waals surface area contributed by atoms with Crippen molar-refractivity contribution in [1.82, 2.24) is 10.2 Å². The van der Waals surface area contributed by atoms with Crippen molar-refractivity contribution < 1.29 is 28.8 Å². The molecule has 0 radical (unpaired) electrons. The number of methoxy groups -OCH3 is 1. The van der Waals surface area contributed by atoms with Crippen LogP contribution in [0.3, 0.4) is 0 Å². The molecule has 9 heteroatoms. The summed E-state index contributed by atoms with van der Waals surface area (Å²) in [6, 6.07) is 5.72. The quantitative estimate of drug-likeness (QED) is 0.677. The number of benzene rings is 1. The molecule has 5 unspecified atom stereocenters. The third kappa shape index (κ3) is 3.87. The molecule has 2 amide bonds. The molecule has 5 atom stereocenters. The van der Waals surface area contributed by atoms with E-state index in [2.05, 4.69) is 15.5 Å². The molecule has 4 rings (SSSR count). The molecule has 3 fully saturated rings. The number of aliphatic hydroxyl groups excluding tert-OH is 1. The monoisotopic (exact) mass is 379 g/mol. The highest BCUT2D eigenvalue weighted by molar-refractivity contribution is 5.89. The van der Waals surface area contributed by atoms with Gasteiger partial charge in [-0.25, -0.2) is 4.79 Å². The lowest BCUT2D eigenvalue weighted by Crippen LogP contribution is -2.66. The second-order valence-electron chi connectivity index (χ2n) is 6.86. The first-order chi connectivity index (χ1) is 13.2. The van der Waals surface area contributed by atoms with Crippen molar-refractivity contribution in [2.24, 2.45) is 0 Å². The summed E-state index contributed by atoms with van der Waals surface area (Å²) in [6.45, 7) is 2.95. The van der Waals surface area contributed by atoms with Gasteiger partial charge < -0.3 is 34.7 Å². The maximum Gasteiger partial charge on any atom is 0.319 e. The van der Waals surface area contributed by atoms with E-state index in [0.29, 0.717) is 44.3 Å². The van der Waals surface area contributed by atoms with E-state index in [1.54, 1.807) is 31.4 Å². The Morgan fingerprint density at radius 3 is 2.70 bits per heavy atom. The number of nitrogens with one attached hydrogen (secondary N) is 2. The van der Waals surface area contributed by atoms with Gasteiger partial charge in [0.2, 0.25) is 0 Å². The minimum Gasteiger partial charge on any atom is -0.497 e. The number of amides is 2. The van der Waals surface area contributed by atoms with Crippen LogP contribution in [0, 0.1) is 0 Å². The SMILES string of the molecule is COc1ccc(NC(=O)NC2C3COC(O3)C(N3CCOCC3)C2O)cc1. The molecular weight excluding hydrogens is 354 g/mol. The molecule has 0 aliphatic carbocycles. The van der Waals surface area contributed by atoms with E-state index >= 15 is 0 Å². The maximum atomic E-state index is 12.4. The summed E-state index contributed by atoms with van der Waals surface area (Å²) < 4.78 is 22.1. The standard InChI is InChI=1S/C18H25N3O6/c1-24-12-4-2-11(3-5-12)19-18(23)20-14-13-10-26-17(27-13)15(16(14)22)21-6-8-25-9-7-21/h2-5,13-17,22H,6-10H2,1H3,(H2,19,20,23). The first-order valence-electron chi connectivity index (χ1n) is 9.14. The molecule has 0 aromatic heterocycles. The first kappa shape index (κ1) is 18.5. The fourth-order valence-corrected chi connectivity index (χ4v) is 3.84. The Kier molecular flexibility index (Phi) is 5.46. The topological polar surface area (TPSA) is 102 Å². The Labute approximate surface area is 157 Å². The predicted molar refractivity (Wildman–Crippen MR) is 95.7 cm³/mol. The summed E-state index contributed by atoms with van der Waals surface area (Å²) in [4.78, 5) is 14.6. The van der Waals surface area contributed by atoms with Crippen LogP contribution in [0.4, 0.5) is 10.5 Å². The van der Waals surface area contributed by atoms with E-state index in [1.807, 2.05) is 0 Å². The number of carbonyl (C=O) groups is 1. The number of morpholine rings is 1. The zero-order valence-electron chi connectivity index (χ0n) is 15.2. The lowest BCUT2D eigenvalue weighted by Gasteiger charge is -2.44. The number of rotatable bonds is 4. The first-order valence-corrected chi connectivity index (χ1v) is 9.14. The van der Waals surface area contributed by atoms with Gasteiger partial charge in [0.15, 0.2) is 6.29 Å². The van der Waals surface area contributed by atoms with Crippen molar-refractivity contribution in [2.45, 2.75) is 30.6 Å². The van der Waals surface area contributed by atoms with Gasteiger partial charge >= 0.3 is 6.03 Å². The molecule has 9 nitrogen and oxygen atoms in total. The Hall–Kier alpha value is -1.91. The fraction of sp³-hybridized carbons (Fsp3) is 0.611. The summed E-state index contributed by atoms with van der Waals surface area (Å²) in [5, 5.41) is 16.6. The van der Waals surface area contributed by atoms with Crippen LogP contribution < -0.4 is 15.4 Å². The number of hydrogen-bond donors (Lipinski definition) is 3. The van der Waals surface area contributed by atoms with Crippen LogP contribution in [-0.2, 0) is 14.2 Å². The van der Waals surface area contributed by atoms with Gasteiger partial charge in [-0.3, -0.25) is 4.90 Å². The van der Waals surface area contributed by atoms with Gasteiger partial charge in [0.1, 0.15) is 11.9 Å². The van der Waals surface area contributed by atoms with Crippen LogP contribution in [0.25, 0.3) is 0 Å². The summed E-state index contributed by atoms with van der Waals surface area (Å²) >= 11 is 0. The second kappa shape index (κ2) is 7.99. The van der Waals surface area contributed by atoms with E-state index in [-0.39, 0.29) is 12.1 Å². The Morgan fingerprint density at radius 2 is 2.00 bits per heavy atom. The van der Waals surface area contributed by atoms with Crippen molar-refractivity contribution in [1.29, 1.82) is 0 Å². The molecule has 1 aromatic rings. The van der Waals surface area contributed by atoms with Crippen LogP contribution in [0.2, 0.25) is 0 Å². The lowest BCUT2D eigenvalue weighted by molar-refractivity contribution is -0.189. The predicted octanol–water partition coefficient (Wildman–Crippen LogP) is 0.00210. The average molecular weight is 379 g/mol. The van der Waals surface area contributed by atoms with Gasteiger partial charge in [0, 0.05) is 18.8 Å². The molecular formula is C18H25N3O6.